The first-order valence-corrected chi connectivity index (χ1v) is 12.9. The summed E-state index contributed by atoms with van der Waals surface area (Å²) in [6.07, 6.45) is 24.2. The lowest BCUT2D eigenvalue weighted by atomic mass is 10.0. The number of hydroxylamine groups is 2. The minimum atomic E-state index is -0.514. The first-order chi connectivity index (χ1) is 14.3. The second-order valence-corrected chi connectivity index (χ2v) is 8.86. The molecule has 0 saturated carbocycles. The molecule has 1 atom stereocenters. The first-order valence-electron chi connectivity index (χ1n) is 12.9. The molecule has 0 aromatic carbocycles. The van der Waals surface area contributed by atoms with E-state index in [2.05, 4.69) is 13.8 Å². The molecule has 1 saturated heterocycles. The molecule has 1 fully saturated rings. The van der Waals surface area contributed by atoms with E-state index in [1.807, 2.05) is 0 Å². The second-order valence-electron chi connectivity index (χ2n) is 8.86. The van der Waals surface area contributed by atoms with Gasteiger partial charge in [0.25, 0.3) is 0 Å². The number of unbranched alkanes of at least 4 members (excludes halogenated alkanes) is 14. The highest BCUT2D eigenvalue weighted by Crippen LogP contribution is 2.16. The summed E-state index contributed by atoms with van der Waals surface area (Å²) in [5, 5.41) is 1.72. The van der Waals surface area contributed by atoms with E-state index in [9.17, 15) is 4.79 Å². The SMILES string of the molecule is CCCCCCCCCCCCCCCCCC(CC)OC(=O)ON1CCCC1. The van der Waals surface area contributed by atoms with Crippen LogP contribution in [-0.2, 0) is 9.57 Å². The van der Waals surface area contributed by atoms with Crippen molar-refractivity contribution in [3.8, 4) is 0 Å². The molecule has 0 aromatic heterocycles. The fraction of sp³-hybridized carbons (Fsp3) is 0.960. The number of hydrogen-bond acceptors (Lipinski definition) is 4. The predicted molar refractivity (Wildman–Crippen MR) is 122 cm³/mol. The molecule has 0 bridgehead atoms. The molecule has 0 amide bonds. The Bertz CT molecular complexity index is 369. The quantitative estimate of drug-likeness (QED) is 0.159. The van der Waals surface area contributed by atoms with E-state index in [0.29, 0.717) is 0 Å². The van der Waals surface area contributed by atoms with E-state index >= 15 is 0 Å². The predicted octanol–water partition coefficient (Wildman–Crippen LogP) is 8.19. The van der Waals surface area contributed by atoms with Crippen LogP contribution in [0.4, 0.5) is 4.79 Å². The lowest BCUT2D eigenvalue weighted by molar-refractivity contribution is -0.121. The molecule has 0 spiro atoms. The summed E-state index contributed by atoms with van der Waals surface area (Å²) in [7, 11) is 0. The molecular formula is C25H49NO3. The number of carbonyl (C=O) groups excluding carboxylic acids is 1. The lowest BCUT2D eigenvalue weighted by Gasteiger charge is -2.18. The Morgan fingerprint density at radius 1 is 0.724 bits per heavy atom. The van der Waals surface area contributed by atoms with Crippen LogP contribution in [0.1, 0.15) is 136 Å². The van der Waals surface area contributed by atoms with E-state index in [0.717, 1.165) is 45.2 Å². The van der Waals surface area contributed by atoms with Crippen molar-refractivity contribution in [2.75, 3.05) is 13.1 Å². The normalized spacial score (nSPS) is 15.5. The van der Waals surface area contributed by atoms with Crippen molar-refractivity contribution in [1.82, 2.24) is 5.06 Å². The highest BCUT2D eigenvalue weighted by Gasteiger charge is 2.20. The Hall–Kier alpha value is -0.770. The lowest BCUT2D eigenvalue weighted by Crippen LogP contribution is -2.27. The maximum Gasteiger partial charge on any atom is 0.528 e. The molecule has 172 valence electrons. The number of ether oxygens (including phenoxy) is 1. The zero-order valence-corrected chi connectivity index (χ0v) is 19.6. The van der Waals surface area contributed by atoms with Gasteiger partial charge in [0, 0.05) is 13.1 Å². The van der Waals surface area contributed by atoms with Crippen LogP contribution in [0.2, 0.25) is 0 Å². The molecule has 1 heterocycles. The van der Waals surface area contributed by atoms with Crippen LogP contribution in [0.15, 0.2) is 0 Å². The maximum atomic E-state index is 11.8. The van der Waals surface area contributed by atoms with Gasteiger partial charge in [0.1, 0.15) is 6.10 Å². The zero-order chi connectivity index (χ0) is 21.0. The van der Waals surface area contributed by atoms with Crippen LogP contribution in [-0.4, -0.2) is 30.4 Å². The van der Waals surface area contributed by atoms with Crippen LogP contribution in [0.5, 0.6) is 0 Å². The van der Waals surface area contributed by atoms with Gasteiger partial charge in [-0.2, -0.15) is 0 Å². The largest absolute Gasteiger partial charge is 0.528 e. The van der Waals surface area contributed by atoms with Crippen molar-refractivity contribution in [2.45, 2.75) is 142 Å². The zero-order valence-electron chi connectivity index (χ0n) is 19.6. The first kappa shape index (κ1) is 26.3. The monoisotopic (exact) mass is 411 g/mol. The van der Waals surface area contributed by atoms with Gasteiger partial charge in [-0.3, -0.25) is 0 Å². The molecule has 0 radical (unpaired) electrons. The summed E-state index contributed by atoms with van der Waals surface area (Å²) in [6.45, 7) is 6.04. The van der Waals surface area contributed by atoms with Crippen LogP contribution in [0.3, 0.4) is 0 Å². The minimum absolute atomic E-state index is 0.00655. The molecule has 1 unspecified atom stereocenters. The van der Waals surface area contributed by atoms with Gasteiger partial charge in [-0.1, -0.05) is 104 Å². The Labute approximate surface area is 181 Å². The molecule has 0 aliphatic carbocycles. The Balaban J connectivity index is 1.83. The van der Waals surface area contributed by atoms with E-state index in [-0.39, 0.29) is 6.10 Å². The standard InChI is InChI=1S/C25H49NO3/c1-3-5-6-7-8-9-10-11-12-13-14-15-16-17-18-21-24(4-2)28-25(27)29-26-22-19-20-23-26/h24H,3-23H2,1-2H3. The summed E-state index contributed by atoms with van der Waals surface area (Å²) in [4.78, 5) is 17.1. The molecule has 1 aliphatic rings. The van der Waals surface area contributed by atoms with Gasteiger partial charge in [-0.25, -0.2) is 4.79 Å². The molecule has 4 heteroatoms. The van der Waals surface area contributed by atoms with Crippen molar-refractivity contribution >= 4 is 6.16 Å². The van der Waals surface area contributed by atoms with Gasteiger partial charge in [-0.15, -0.1) is 5.06 Å². The molecule has 1 aliphatic heterocycles. The van der Waals surface area contributed by atoms with Crippen molar-refractivity contribution in [3.63, 3.8) is 0 Å². The topological polar surface area (TPSA) is 38.8 Å². The number of hydrogen-bond donors (Lipinski definition) is 0. The van der Waals surface area contributed by atoms with Gasteiger partial charge in [0.05, 0.1) is 0 Å². The molecule has 1 rings (SSSR count). The fourth-order valence-electron chi connectivity index (χ4n) is 4.13. The minimum Gasteiger partial charge on any atom is -0.430 e. The van der Waals surface area contributed by atoms with Crippen molar-refractivity contribution in [2.24, 2.45) is 0 Å². The summed E-state index contributed by atoms with van der Waals surface area (Å²) >= 11 is 0. The Morgan fingerprint density at radius 2 is 1.17 bits per heavy atom. The average Bonchev–Trinajstić information content (AvgIpc) is 3.22. The molecule has 0 aromatic rings. The van der Waals surface area contributed by atoms with Crippen LogP contribution < -0.4 is 0 Å². The van der Waals surface area contributed by atoms with E-state index in [4.69, 9.17) is 9.57 Å². The van der Waals surface area contributed by atoms with E-state index < -0.39 is 6.16 Å². The highest BCUT2D eigenvalue weighted by molar-refractivity contribution is 5.59. The van der Waals surface area contributed by atoms with Crippen molar-refractivity contribution in [3.05, 3.63) is 0 Å². The van der Waals surface area contributed by atoms with Crippen molar-refractivity contribution < 1.29 is 14.4 Å². The van der Waals surface area contributed by atoms with Gasteiger partial charge >= 0.3 is 6.16 Å². The van der Waals surface area contributed by atoms with Crippen molar-refractivity contribution in [1.29, 1.82) is 0 Å². The van der Waals surface area contributed by atoms with Gasteiger partial charge in [-0.05, 0) is 32.1 Å². The number of rotatable bonds is 19. The third-order valence-corrected chi connectivity index (χ3v) is 6.12. The summed E-state index contributed by atoms with van der Waals surface area (Å²) < 4.78 is 5.48. The molecule has 4 nitrogen and oxygen atoms in total. The van der Waals surface area contributed by atoms with E-state index in [1.54, 1.807) is 5.06 Å². The fourth-order valence-corrected chi connectivity index (χ4v) is 4.13. The third kappa shape index (κ3) is 15.7. The number of carbonyl (C=O) groups is 1. The third-order valence-electron chi connectivity index (χ3n) is 6.12. The smallest absolute Gasteiger partial charge is 0.430 e. The number of nitrogens with zero attached hydrogens (tertiary/aromatic N) is 1. The molecular weight excluding hydrogens is 362 g/mol. The van der Waals surface area contributed by atoms with Crippen LogP contribution in [0, 0.1) is 0 Å². The van der Waals surface area contributed by atoms with Gasteiger partial charge in [0.15, 0.2) is 0 Å². The molecule has 29 heavy (non-hydrogen) atoms. The maximum absolute atomic E-state index is 11.8. The van der Waals surface area contributed by atoms with E-state index in [1.165, 1.54) is 89.9 Å². The Kier molecular flexibility index (Phi) is 17.4. The van der Waals surface area contributed by atoms with Crippen LogP contribution in [0.25, 0.3) is 0 Å². The van der Waals surface area contributed by atoms with Crippen LogP contribution >= 0.6 is 0 Å². The summed E-state index contributed by atoms with van der Waals surface area (Å²) in [6, 6.07) is 0. The average molecular weight is 412 g/mol. The highest BCUT2D eigenvalue weighted by atomic mass is 16.8. The summed E-state index contributed by atoms with van der Waals surface area (Å²) in [5.41, 5.74) is 0. The van der Waals surface area contributed by atoms with Gasteiger partial charge in [0.2, 0.25) is 0 Å². The molecule has 0 N–H and O–H groups in total. The summed E-state index contributed by atoms with van der Waals surface area (Å²) in [5.74, 6) is 0. The van der Waals surface area contributed by atoms with Gasteiger partial charge < -0.3 is 9.57 Å². The second kappa shape index (κ2) is 19.2. The Morgan fingerprint density at radius 3 is 1.62 bits per heavy atom.